The Morgan fingerprint density at radius 3 is 2.71 bits per heavy atom. The molecule has 0 unspecified atom stereocenters. The number of nitrogens with one attached hydrogen (secondary N) is 2. The van der Waals surface area contributed by atoms with Crippen molar-refractivity contribution in [2.45, 2.75) is 19.8 Å². The molecule has 0 atom stereocenters. The summed E-state index contributed by atoms with van der Waals surface area (Å²) in [7, 11) is 3.80. The lowest BCUT2D eigenvalue weighted by Crippen LogP contribution is -2.43. The standard InChI is InChI=1S/C21H26N6O/c1-14(28)26-8-7-19(23-2)18(13-26)21(22)27-9-6-15-4-5-16(10-20(15)27)17-11-24-25(3)12-17/h4-5,10-12,22-23H,6-9,13H2,1-3H3. The van der Waals surface area contributed by atoms with Gasteiger partial charge in [-0.1, -0.05) is 12.1 Å². The first-order valence-electron chi connectivity index (χ1n) is 9.61. The number of amides is 1. The number of aryl methyl sites for hydroxylation is 1. The molecule has 1 aromatic carbocycles. The van der Waals surface area contributed by atoms with E-state index in [4.69, 9.17) is 5.41 Å². The molecule has 146 valence electrons. The van der Waals surface area contributed by atoms with Gasteiger partial charge in [0.15, 0.2) is 0 Å². The molecule has 1 amide bonds. The van der Waals surface area contributed by atoms with Gasteiger partial charge < -0.3 is 15.1 Å². The molecule has 2 aliphatic rings. The minimum absolute atomic E-state index is 0.0566. The predicted molar refractivity (Wildman–Crippen MR) is 110 cm³/mol. The number of anilines is 1. The van der Waals surface area contributed by atoms with Crippen LogP contribution < -0.4 is 10.2 Å². The van der Waals surface area contributed by atoms with E-state index in [1.165, 1.54) is 5.56 Å². The average molecular weight is 378 g/mol. The lowest BCUT2D eigenvalue weighted by atomic mass is 10.0. The molecule has 7 heteroatoms. The number of amidine groups is 1. The van der Waals surface area contributed by atoms with Crippen molar-refractivity contribution in [2.24, 2.45) is 7.05 Å². The van der Waals surface area contributed by atoms with Crippen LogP contribution >= 0.6 is 0 Å². The lowest BCUT2D eigenvalue weighted by Gasteiger charge is -2.33. The topological polar surface area (TPSA) is 77.2 Å². The maximum atomic E-state index is 11.9. The Labute approximate surface area is 165 Å². The van der Waals surface area contributed by atoms with Crippen molar-refractivity contribution >= 4 is 17.4 Å². The molecule has 4 rings (SSSR count). The molecule has 0 saturated carbocycles. The number of rotatable bonds is 3. The monoisotopic (exact) mass is 378 g/mol. The van der Waals surface area contributed by atoms with Crippen LogP contribution in [0.2, 0.25) is 0 Å². The number of carbonyl (C=O) groups is 1. The van der Waals surface area contributed by atoms with Crippen LogP contribution in [-0.2, 0) is 18.3 Å². The number of hydrogen-bond acceptors (Lipinski definition) is 4. The Hall–Kier alpha value is -3.09. The van der Waals surface area contributed by atoms with E-state index >= 15 is 0 Å². The summed E-state index contributed by atoms with van der Waals surface area (Å²) in [4.78, 5) is 15.8. The second-order valence-electron chi connectivity index (χ2n) is 7.39. The van der Waals surface area contributed by atoms with Gasteiger partial charge in [0.05, 0.1) is 12.7 Å². The third-order valence-corrected chi connectivity index (χ3v) is 5.67. The number of carbonyl (C=O) groups excluding carboxylic acids is 1. The van der Waals surface area contributed by atoms with Crippen molar-refractivity contribution in [2.75, 3.05) is 31.6 Å². The molecule has 2 aromatic rings. The first kappa shape index (κ1) is 18.3. The summed E-state index contributed by atoms with van der Waals surface area (Å²) in [6, 6.07) is 6.43. The van der Waals surface area contributed by atoms with E-state index in [1.807, 2.05) is 31.4 Å². The van der Waals surface area contributed by atoms with Crippen molar-refractivity contribution in [3.8, 4) is 11.1 Å². The summed E-state index contributed by atoms with van der Waals surface area (Å²) < 4.78 is 1.80. The van der Waals surface area contributed by atoms with Gasteiger partial charge in [-0.2, -0.15) is 5.10 Å². The van der Waals surface area contributed by atoms with Crippen LogP contribution in [0, 0.1) is 5.41 Å². The Morgan fingerprint density at radius 2 is 2.04 bits per heavy atom. The van der Waals surface area contributed by atoms with Crippen molar-refractivity contribution in [1.82, 2.24) is 20.0 Å². The first-order valence-corrected chi connectivity index (χ1v) is 9.61. The first-order chi connectivity index (χ1) is 13.5. The van der Waals surface area contributed by atoms with E-state index in [0.29, 0.717) is 18.9 Å². The van der Waals surface area contributed by atoms with Gasteiger partial charge in [-0.3, -0.25) is 14.9 Å². The quantitative estimate of drug-likeness (QED) is 0.634. The van der Waals surface area contributed by atoms with Crippen LogP contribution in [0.3, 0.4) is 0 Å². The Bertz CT molecular complexity index is 973. The van der Waals surface area contributed by atoms with E-state index in [-0.39, 0.29) is 5.91 Å². The number of fused-ring (bicyclic) bond motifs is 1. The van der Waals surface area contributed by atoms with E-state index < -0.39 is 0 Å². The zero-order chi connectivity index (χ0) is 19.8. The molecular weight excluding hydrogens is 352 g/mol. The van der Waals surface area contributed by atoms with Crippen LogP contribution in [0.1, 0.15) is 18.9 Å². The van der Waals surface area contributed by atoms with Gasteiger partial charge in [0.1, 0.15) is 5.84 Å². The number of nitrogens with zero attached hydrogens (tertiary/aromatic N) is 4. The zero-order valence-corrected chi connectivity index (χ0v) is 16.6. The number of benzene rings is 1. The molecule has 3 heterocycles. The van der Waals surface area contributed by atoms with E-state index in [1.54, 1.807) is 11.6 Å². The maximum absolute atomic E-state index is 11.9. The molecule has 28 heavy (non-hydrogen) atoms. The fraction of sp³-hybridized carbons (Fsp3) is 0.381. The summed E-state index contributed by atoms with van der Waals surface area (Å²) in [5.74, 6) is 0.540. The smallest absolute Gasteiger partial charge is 0.219 e. The van der Waals surface area contributed by atoms with Gasteiger partial charge in [-0.15, -0.1) is 0 Å². The summed E-state index contributed by atoms with van der Waals surface area (Å²) in [5, 5.41) is 16.4. The molecule has 0 spiro atoms. The van der Waals surface area contributed by atoms with Crippen LogP contribution in [-0.4, -0.2) is 53.1 Å². The van der Waals surface area contributed by atoms with Gasteiger partial charge in [0, 0.05) is 69.2 Å². The van der Waals surface area contributed by atoms with E-state index in [2.05, 4.69) is 33.5 Å². The van der Waals surface area contributed by atoms with Gasteiger partial charge in [-0.25, -0.2) is 0 Å². The van der Waals surface area contributed by atoms with Crippen LogP contribution in [0.4, 0.5) is 5.69 Å². The second-order valence-corrected chi connectivity index (χ2v) is 7.39. The SMILES string of the molecule is CNC1=C(C(=N)N2CCc3ccc(-c4cnn(C)c4)cc32)CN(C(C)=O)CC1. The lowest BCUT2D eigenvalue weighted by molar-refractivity contribution is -0.128. The Morgan fingerprint density at radius 1 is 1.21 bits per heavy atom. The third-order valence-electron chi connectivity index (χ3n) is 5.67. The highest BCUT2D eigenvalue weighted by Gasteiger charge is 2.29. The van der Waals surface area contributed by atoms with Gasteiger partial charge >= 0.3 is 0 Å². The Balaban J connectivity index is 1.67. The highest BCUT2D eigenvalue weighted by molar-refractivity contribution is 6.10. The molecule has 7 nitrogen and oxygen atoms in total. The third kappa shape index (κ3) is 3.17. The van der Waals surface area contributed by atoms with Gasteiger partial charge in [0.25, 0.3) is 0 Å². The van der Waals surface area contributed by atoms with Crippen molar-refractivity contribution in [3.63, 3.8) is 0 Å². The van der Waals surface area contributed by atoms with Crippen LogP contribution in [0.15, 0.2) is 41.9 Å². The molecule has 1 aromatic heterocycles. The highest BCUT2D eigenvalue weighted by atomic mass is 16.2. The summed E-state index contributed by atoms with van der Waals surface area (Å²) in [5.41, 5.74) is 6.46. The highest BCUT2D eigenvalue weighted by Crippen LogP contribution is 2.34. The maximum Gasteiger partial charge on any atom is 0.219 e. The molecule has 0 saturated heterocycles. The molecule has 0 aliphatic carbocycles. The van der Waals surface area contributed by atoms with E-state index in [0.717, 1.165) is 47.5 Å². The van der Waals surface area contributed by atoms with Crippen molar-refractivity contribution in [3.05, 3.63) is 47.4 Å². The molecular formula is C21H26N6O. The minimum Gasteiger partial charge on any atom is -0.391 e. The van der Waals surface area contributed by atoms with Crippen LogP contribution in [0.5, 0.6) is 0 Å². The number of aromatic nitrogens is 2. The Kier molecular flexibility index (Phi) is 4.66. The fourth-order valence-electron chi connectivity index (χ4n) is 4.05. The zero-order valence-electron chi connectivity index (χ0n) is 16.6. The molecule has 2 aliphatic heterocycles. The summed E-state index contributed by atoms with van der Waals surface area (Å²) in [6.45, 7) is 3.56. The molecule has 0 bridgehead atoms. The summed E-state index contributed by atoms with van der Waals surface area (Å²) in [6.07, 6.45) is 5.54. The van der Waals surface area contributed by atoms with Crippen molar-refractivity contribution in [1.29, 1.82) is 5.41 Å². The van der Waals surface area contributed by atoms with Crippen molar-refractivity contribution < 1.29 is 4.79 Å². The largest absolute Gasteiger partial charge is 0.391 e. The average Bonchev–Trinajstić information content (AvgIpc) is 3.32. The predicted octanol–water partition coefficient (Wildman–Crippen LogP) is 2.15. The van der Waals surface area contributed by atoms with Crippen LogP contribution in [0.25, 0.3) is 11.1 Å². The molecule has 0 radical (unpaired) electrons. The molecule has 0 fully saturated rings. The van der Waals surface area contributed by atoms with E-state index in [9.17, 15) is 4.79 Å². The normalized spacial score (nSPS) is 16.4. The number of hydrogen-bond donors (Lipinski definition) is 2. The van der Waals surface area contributed by atoms with Gasteiger partial charge in [0.2, 0.25) is 5.91 Å². The summed E-state index contributed by atoms with van der Waals surface area (Å²) >= 11 is 0. The van der Waals surface area contributed by atoms with Gasteiger partial charge in [-0.05, 0) is 23.6 Å². The molecule has 2 N–H and O–H groups in total. The fourth-order valence-corrected chi connectivity index (χ4v) is 4.05. The minimum atomic E-state index is 0.0566. The second kappa shape index (κ2) is 7.14.